The number of carbonyl (C=O) groups excluding carboxylic acids is 1. The number of halogens is 2. The van der Waals surface area contributed by atoms with Crippen molar-refractivity contribution < 1.29 is 4.79 Å². The van der Waals surface area contributed by atoms with Gasteiger partial charge in [-0.05, 0) is 44.3 Å². The third-order valence-electron chi connectivity index (χ3n) is 5.11. The molecule has 3 heterocycles. The molecule has 0 saturated carbocycles. The molecule has 1 amide bonds. The van der Waals surface area contributed by atoms with Crippen molar-refractivity contribution in [2.45, 2.75) is 6.42 Å². The molecule has 8 nitrogen and oxygen atoms in total. The first-order chi connectivity index (χ1) is 15.5. The van der Waals surface area contributed by atoms with Gasteiger partial charge in [0.25, 0.3) is 5.91 Å². The molecule has 1 saturated heterocycles. The molecule has 0 bridgehead atoms. The van der Waals surface area contributed by atoms with Gasteiger partial charge < -0.3 is 20.4 Å². The Labute approximate surface area is 196 Å². The lowest BCUT2D eigenvalue weighted by atomic mass is 10.2. The van der Waals surface area contributed by atoms with Crippen LogP contribution in [-0.4, -0.2) is 59.0 Å². The molecular weight excluding hydrogens is 449 g/mol. The van der Waals surface area contributed by atoms with Gasteiger partial charge in [-0.3, -0.25) is 4.79 Å². The molecule has 0 unspecified atom stereocenters. The van der Waals surface area contributed by atoms with Crippen LogP contribution in [-0.2, 0) is 0 Å². The Hall–Kier alpha value is -2.94. The monoisotopic (exact) mass is 471 g/mol. The quantitative estimate of drug-likeness (QED) is 0.572. The second-order valence-electron chi connectivity index (χ2n) is 7.49. The van der Waals surface area contributed by atoms with Gasteiger partial charge in [0.2, 0.25) is 5.95 Å². The predicted octanol–water partition coefficient (Wildman–Crippen LogP) is 4.32. The fraction of sp³-hybridized carbons (Fsp3) is 0.273. The summed E-state index contributed by atoms with van der Waals surface area (Å²) >= 11 is 12.3. The van der Waals surface area contributed by atoms with Crippen molar-refractivity contribution in [3.05, 3.63) is 64.4 Å². The van der Waals surface area contributed by atoms with Crippen LogP contribution >= 0.6 is 23.2 Å². The van der Waals surface area contributed by atoms with Crippen molar-refractivity contribution in [3.8, 4) is 0 Å². The minimum absolute atomic E-state index is 0.227. The van der Waals surface area contributed by atoms with Gasteiger partial charge in [0, 0.05) is 43.8 Å². The molecular formula is C22H23Cl2N7O. The van der Waals surface area contributed by atoms with Crippen molar-refractivity contribution in [1.82, 2.24) is 19.9 Å². The summed E-state index contributed by atoms with van der Waals surface area (Å²) in [5.74, 6) is 1.45. The maximum Gasteiger partial charge on any atom is 0.258 e. The zero-order valence-corrected chi connectivity index (χ0v) is 19.1. The van der Waals surface area contributed by atoms with Crippen LogP contribution in [0.3, 0.4) is 0 Å². The fourth-order valence-corrected chi connectivity index (χ4v) is 4.00. The fourth-order valence-electron chi connectivity index (χ4n) is 3.43. The number of amides is 1. The van der Waals surface area contributed by atoms with Crippen LogP contribution in [0, 0.1) is 0 Å². The van der Waals surface area contributed by atoms with Gasteiger partial charge >= 0.3 is 0 Å². The number of nitrogens with one attached hydrogen (secondary N) is 2. The topological polar surface area (TPSA) is 86.3 Å². The smallest absolute Gasteiger partial charge is 0.258 e. The zero-order valence-electron chi connectivity index (χ0n) is 17.6. The summed E-state index contributed by atoms with van der Waals surface area (Å²) in [6.07, 6.45) is 4.39. The number of hydrogen-bond donors (Lipinski definition) is 2. The van der Waals surface area contributed by atoms with Crippen LogP contribution in [0.2, 0.25) is 10.0 Å². The third-order valence-corrected chi connectivity index (χ3v) is 5.74. The molecule has 0 atom stereocenters. The van der Waals surface area contributed by atoms with Gasteiger partial charge in [-0.2, -0.15) is 4.98 Å². The summed E-state index contributed by atoms with van der Waals surface area (Å²) < 4.78 is 0. The lowest BCUT2D eigenvalue weighted by Gasteiger charge is -2.20. The Morgan fingerprint density at radius 2 is 1.75 bits per heavy atom. The summed E-state index contributed by atoms with van der Waals surface area (Å²) in [5, 5.41) is 6.56. The molecule has 0 spiro atoms. The second-order valence-corrected chi connectivity index (χ2v) is 8.31. The highest BCUT2D eigenvalue weighted by atomic mass is 35.5. The molecule has 4 rings (SSSR count). The summed E-state index contributed by atoms with van der Waals surface area (Å²) in [7, 11) is 2.12. The number of benzene rings is 1. The lowest BCUT2D eigenvalue weighted by molar-refractivity contribution is 0.102. The number of anilines is 4. The van der Waals surface area contributed by atoms with Crippen LogP contribution in [0.4, 0.5) is 23.3 Å². The van der Waals surface area contributed by atoms with E-state index in [1.165, 1.54) is 0 Å². The average Bonchev–Trinajstić information content (AvgIpc) is 2.98. The van der Waals surface area contributed by atoms with E-state index in [0.29, 0.717) is 23.3 Å². The molecule has 166 valence electrons. The number of nitrogens with zero attached hydrogens (tertiary/aromatic N) is 5. The summed E-state index contributed by atoms with van der Waals surface area (Å²) in [6.45, 7) is 3.83. The largest absolute Gasteiger partial charge is 0.339 e. The molecule has 32 heavy (non-hydrogen) atoms. The molecule has 1 aliphatic heterocycles. The summed E-state index contributed by atoms with van der Waals surface area (Å²) in [5.41, 5.74) is 0.777. The van der Waals surface area contributed by atoms with E-state index in [2.05, 4.69) is 42.4 Å². The summed E-state index contributed by atoms with van der Waals surface area (Å²) in [6, 6.07) is 10.1. The summed E-state index contributed by atoms with van der Waals surface area (Å²) in [4.78, 5) is 30.5. The number of hydrogen-bond acceptors (Lipinski definition) is 7. The molecule has 0 radical (unpaired) electrons. The number of likely N-dealkylation sites (N-methyl/N-ethyl adjacent to an activating group) is 1. The highest BCUT2D eigenvalue weighted by molar-refractivity contribution is 6.40. The standard InChI is InChI=1S/C22H23Cl2N7O/c1-30-10-3-11-31(13-12-30)22-26-9-7-18(29-22)28-19-14-15(6-8-25-19)27-21(32)20-16(23)4-2-5-17(20)24/h2,4-9,14H,3,10-13H2,1H3,(H2,25,26,27,28,29,32). The molecule has 1 fully saturated rings. The van der Waals surface area contributed by atoms with Gasteiger partial charge in [-0.25, -0.2) is 9.97 Å². The molecule has 2 N–H and O–H groups in total. The Bertz CT molecular complexity index is 1090. The van der Waals surface area contributed by atoms with E-state index >= 15 is 0 Å². The maximum atomic E-state index is 12.6. The highest BCUT2D eigenvalue weighted by Crippen LogP contribution is 2.26. The lowest BCUT2D eigenvalue weighted by Crippen LogP contribution is -2.30. The van der Waals surface area contributed by atoms with E-state index in [0.717, 1.165) is 32.6 Å². The number of aromatic nitrogens is 3. The molecule has 0 aliphatic carbocycles. The molecule has 1 aromatic carbocycles. The van der Waals surface area contributed by atoms with E-state index in [9.17, 15) is 4.79 Å². The molecule has 3 aromatic rings. The first-order valence-electron chi connectivity index (χ1n) is 10.2. The second kappa shape index (κ2) is 10.1. The van der Waals surface area contributed by atoms with Crippen LogP contribution in [0.15, 0.2) is 48.8 Å². The van der Waals surface area contributed by atoms with Crippen molar-refractivity contribution in [2.75, 3.05) is 48.8 Å². The van der Waals surface area contributed by atoms with E-state index in [1.807, 2.05) is 0 Å². The van der Waals surface area contributed by atoms with Crippen molar-refractivity contribution in [2.24, 2.45) is 0 Å². The van der Waals surface area contributed by atoms with E-state index in [-0.39, 0.29) is 15.6 Å². The van der Waals surface area contributed by atoms with Gasteiger partial charge in [-0.1, -0.05) is 29.3 Å². The van der Waals surface area contributed by atoms with Gasteiger partial charge in [0.05, 0.1) is 15.6 Å². The SMILES string of the molecule is CN1CCCN(c2nccc(Nc3cc(NC(=O)c4c(Cl)cccc4Cl)ccn3)n2)CC1. The third kappa shape index (κ3) is 5.45. The normalized spacial score (nSPS) is 14.7. The van der Waals surface area contributed by atoms with Gasteiger partial charge in [0.15, 0.2) is 0 Å². The minimum atomic E-state index is -0.395. The van der Waals surface area contributed by atoms with Crippen LogP contribution in [0.1, 0.15) is 16.8 Å². The Morgan fingerprint density at radius 3 is 2.56 bits per heavy atom. The van der Waals surface area contributed by atoms with E-state index < -0.39 is 5.91 Å². The molecule has 10 heteroatoms. The highest BCUT2D eigenvalue weighted by Gasteiger charge is 2.16. The van der Waals surface area contributed by atoms with Gasteiger partial charge in [0.1, 0.15) is 11.6 Å². The van der Waals surface area contributed by atoms with Crippen molar-refractivity contribution in [3.63, 3.8) is 0 Å². The maximum absolute atomic E-state index is 12.6. The predicted molar refractivity (Wildman–Crippen MR) is 128 cm³/mol. The average molecular weight is 472 g/mol. The van der Waals surface area contributed by atoms with Crippen molar-refractivity contribution >= 4 is 52.4 Å². The van der Waals surface area contributed by atoms with Crippen LogP contribution in [0.5, 0.6) is 0 Å². The molecule has 2 aromatic heterocycles. The first-order valence-corrected chi connectivity index (χ1v) is 11.0. The zero-order chi connectivity index (χ0) is 22.5. The Morgan fingerprint density at radius 1 is 0.969 bits per heavy atom. The Balaban J connectivity index is 1.47. The van der Waals surface area contributed by atoms with Crippen molar-refractivity contribution in [1.29, 1.82) is 0 Å². The van der Waals surface area contributed by atoms with Crippen LogP contribution < -0.4 is 15.5 Å². The van der Waals surface area contributed by atoms with Crippen LogP contribution in [0.25, 0.3) is 0 Å². The van der Waals surface area contributed by atoms with E-state index in [1.54, 1.807) is 48.8 Å². The molecule has 1 aliphatic rings. The Kier molecular flexibility index (Phi) is 7.04. The number of rotatable bonds is 5. The first kappa shape index (κ1) is 22.3. The number of carbonyl (C=O) groups is 1. The minimum Gasteiger partial charge on any atom is -0.339 e. The van der Waals surface area contributed by atoms with Gasteiger partial charge in [-0.15, -0.1) is 0 Å². The van der Waals surface area contributed by atoms with E-state index in [4.69, 9.17) is 23.2 Å². The number of pyridine rings is 1.